The Morgan fingerprint density at radius 3 is 2.58 bits per heavy atom. The van der Waals surface area contributed by atoms with Crippen molar-refractivity contribution < 1.29 is 9.90 Å². The summed E-state index contributed by atoms with van der Waals surface area (Å²) in [7, 11) is 0. The van der Waals surface area contributed by atoms with Crippen LogP contribution in [0.3, 0.4) is 0 Å². The third-order valence-electron chi connectivity index (χ3n) is 5.06. The van der Waals surface area contributed by atoms with Gasteiger partial charge in [-0.3, -0.25) is 4.79 Å². The first kappa shape index (κ1) is 21.3. The molecule has 0 radical (unpaired) electrons. The highest BCUT2D eigenvalue weighted by molar-refractivity contribution is 7.19. The van der Waals surface area contributed by atoms with Gasteiger partial charge in [-0.1, -0.05) is 53.6 Å². The van der Waals surface area contributed by atoms with Crippen LogP contribution in [-0.4, -0.2) is 25.8 Å². The molecule has 31 heavy (non-hydrogen) atoms. The summed E-state index contributed by atoms with van der Waals surface area (Å²) >= 11 is 8.26. The van der Waals surface area contributed by atoms with E-state index in [0.29, 0.717) is 18.1 Å². The number of nitrogens with zero attached hydrogens (tertiary/aromatic N) is 3. The lowest BCUT2D eigenvalue weighted by atomic mass is 10.1. The van der Waals surface area contributed by atoms with Crippen LogP contribution in [0.15, 0.2) is 48.5 Å². The standard InChI is InChI=1S/C24H22ClN3O2S/c1-15-7-9-17(10-8-15)14-28-23(25)19(16(2)27-28)13-18(11-12-22(29)30)24-26-20-5-3-4-6-21(20)31-24/h3-10,13H,11-12,14H2,1-2H3,(H,29,30)/b18-13-. The highest BCUT2D eigenvalue weighted by Crippen LogP contribution is 2.33. The van der Waals surface area contributed by atoms with Gasteiger partial charge in [0.15, 0.2) is 0 Å². The Balaban J connectivity index is 1.71. The van der Waals surface area contributed by atoms with Crippen molar-refractivity contribution in [3.8, 4) is 0 Å². The van der Waals surface area contributed by atoms with E-state index in [2.05, 4.69) is 36.3 Å². The number of hydrogen-bond acceptors (Lipinski definition) is 4. The van der Waals surface area contributed by atoms with Crippen molar-refractivity contribution in [2.75, 3.05) is 0 Å². The molecular formula is C24H22ClN3O2S. The SMILES string of the molecule is Cc1ccc(Cn2nc(C)c(/C=C(/CCC(=O)O)c3nc4ccccc4s3)c2Cl)cc1. The molecule has 0 aliphatic carbocycles. The summed E-state index contributed by atoms with van der Waals surface area (Å²) in [5.74, 6) is -0.843. The number of aromatic nitrogens is 3. The van der Waals surface area contributed by atoms with Crippen LogP contribution in [0.5, 0.6) is 0 Å². The predicted octanol–water partition coefficient (Wildman–Crippen LogP) is 6.22. The van der Waals surface area contributed by atoms with Crippen molar-refractivity contribution in [1.82, 2.24) is 14.8 Å². The third-order valence-corrected chi connectivity index (χ3v) is 6.57. The zero-order chi connectivity index (χ0) is 22.0. The van der Waals surface area contributed by atoms with Crippen molar-refractivity contribution >= 4 is 50.8 Å². The normalized spacial score (nSPS) is 11.9. The summed E-state index contributed by atoms with van der Waals surface area (Å²) in [6.07, 6.45) is 2.33. The molecule has 0 spiro atoms. The number of aryl methyl sites for hydroxylation is 2. The molecule has 158 valence electrons. The van der Waals surface area contributed by atoms with E-state index in [0.717, 1.165) is 37.6 Å². The molecule has 7 heteroatoms. The van der Waals surface area contributed by atoms with Gasteiger partial charge in [-0.25, -0.2) is 9.67 Å². The second-order valence-electron chi connectivity index (χ2n) is 7.48. The first-order valence-corrected chi connectivity index (χ1v) is 11.2. The molecule has 0 atom stereocenters. The molecule has 4 aromatic rings. The van der Waals surface area contributed by atoms with E-state index in [1.807, 2.05) is 37.3 Å². The summed E-state index contributed by atoms with van der Waals surface area (Å²) in [4.78, 5) is 16.0. The largest absolute Gasteiger partial charge is 0.481 e. The van der Waals surface area contributed by atoms with Gasteiger partial charge < -0.3 is 5.11 Å². The molecule has 2 aromatic heterocycles. The molecule has 5 nitrogen and oxygen atoms in total. The summed E-state index contributed by atoms with van der Waals surface area (Å²) < 4.78 is 2.84. The Morgan fingerprint density at radius 1 is 1.13 bits per heavy atom. The molecule has 2 heterocycles. The molecule has 4 rings (SSSR count). The Labute approximate surface area is 189 Å². The maximum atomic E-state index is 11.2. The monoisotopic (exact) mass is 451 g/mol. The maximum absolute atomic E-state index is 11.2. The summed E-state index contributed by atoms with van der Waals surface area (Å²) in [5.41, 5.74) is 5.67. The molecule has 0 aliphatic rings. The third kappa shape index (κ3) is 4.86. The molecule has 0 amide bonds. The maximum Gasteiger partial charge on any atom is 0.303 e. The van der Waals surface area contributed by atoms with Crippen LogP contribution in [0.25, 0.3) is 21.9 Å². The minimum absolute atomic E-state index is 0.0237. The number of allylic oxidation sites excluding steroid dienone is 1. The fourth-order valence-corrected chi connectivity index (χ4v) is 4.67. The van der Waals surface area contributed by atoms with Gasteiger partial charge in [-0.2, -0.15) is 5.10 Å². The number of fused-ring (bicyclic) bond motifs is 1. The fourth-order valence-electron chi connectivity index (χ4n) is 3.37. The second-order valence-corrected chi connectivity index (χ2v) is 8.87. The van der Waals surface area contributed by atoms with E-state index in [1.165, 1.54) is 5.56 Å². The van der Waals surface area contributed by atoms with Crippen LogP contribution in [0.2, 0.25) is 5.15 Å². The Bertz CT molecular complexity index is 1240. The van der Waals surface area contributed by atoms with Crippen LogP contribution in [0.1, 0.15) is 40.2 Å². The number of carboxylic acids is 1. The average molecular weight is 452 g/mol. The highest BCUT2D eigenvalue weighted by Gasteiger charge is 2.16. The van der Waals surface area contributed by atoms with Crippen LogP contribution in [-0.2, 0) is 11.3 Å². The number of para-hydroxylation sites is 1. The number of rotatable bonds is 7. The first-order valence-electron chi connectivity index (χ1n) is 9.97. The number of thiazole rings is 1. The van der Waals surface area contributed by atoms with Gasteiger partial charge in [-0.15, -0.1) is 11.3 Å². The fraction of sp³-hybridized carbons (Fsp3) is 0.208. The Kier molecular flexibility index (Phi) is 6.20. The van der Waals surface area contributed by atoms with Crippen molar-refractivity contribution in [2.45, 2.75) is 33.2 Å². The van der Waals surface area contributed by atoms with E-state index < -0.39 is 5.97 Å². The Morgan fingerprint density at radius 2 is 1.87 bits per heavy atom. The van der Waals surface area contributed by atoms with Crippen LogP contribution < -0.4 is 0 Å². The Hall–Kier alpha value is -2.96. The van der Waals surface area contributed by atoms with Gasteiger partial charge in [0.05, 0.1) is 22.5 Å². The summed E-state index contributed by atoms with van der Waals surface area (Å²) in [6.45, 7) is 4.54. The van der Waals surface area contributed by atoms with Gasteiger partial charge in [0.25, 0.3) is 0 Å². The van der Waals surface area contributed by atoms with Gasteiger partial charge >= 0.3 is 5.97 Å². The number of aliphatic carboxylic acids is 1. The van der Waals surface area contributed by atoms with Crippen molar-refractivity contribution in [1.29, 1.82) is 0 Å². The smallest absolute Gasteiger partial charge is 0.303 e. The predicted molar refractivity (Wildman–Crippen MR) is 127 cm³/mol. The van der Waals surface area contributed by atoms with Gasteiger partial charge in [0.1, 0.15) is 10.2 Å². The van der Waals surface area contributed by atoms with E-state index in [9.17, 15) is 9.90 Å². The van der Waals surface area contributed by atoms with E-state index in [-0.39, 0.29) is 6.42 Å². The minimum atomic E-state index is -0.843. The zero-order valence-corrected chi connectivity index (χ0v) is 18.9. The van der Waals surface area contributed by atoms with Gasteiger partial charge in [0, 0.05) is 12.0 Å². The molecule has 1 N–H and O–H groups in total. The number of carboxylic acid groups (broad SMARTS) is 1. The molecule has 0 bridgehead atoms. The zero-order valence-electron chi connectivity index (χ0n) is 17.3. The molecule has 0 saturated heterocycles. The lowest BCUT2D eigenvalue weighted by Crippen LogP contribution is -2.02. The number of benzene rings is 2. The minimum Gasteiger partial charge on any atom is -0.481 e. The van der Waals surface area contributed by atoms with E-state index in [1.54, 1.807) is 16.0 Å². The molecular weight excluding hydrogens is 430 g/mol. The summed E-state index contributed by atoms with van der Waals surface area (Å²) in [6, 6.07) is 16.2. The topological polar surface area (TPSA) is 68.0 Å². The van der Waals surface area contributed by atoms with Crippen LogP contribution in [0, 0.1) is 13.8 Å². The van der Waals surface area contributed by atoms with Crippen molar-refractivity contribution in [3.63, 3.8) is 0 Å². The molecule has 0 fully saturated rings. The van der Waals surface area contributed by atoms with Crippen LogP contribution >= 0.6 is 22.9 Å². The molecule has 2 aromatic carbocycles. The first-order chi connectivity index (χ1) is 14.9. The van der Waals surface area contributed by atoms with Gasteiger partial charge in [0.2, 0.25) is 0 Å². The molecule has 0 unspecified atom stereocenters. The lowest BCUT2D eigenvalue weighted by molar-refractivity contribution is -0.136. The van der Waals surface area contributed by atoms with E-state index >= 15 is 0 Å². The average Bonchev–Trinajstić information content (AvgIpc) is 3.28. The van der Waals surface area contributed by atoms with Crippen molar-refractivity contribution in [2.24, 2.45) is 0 Å². The second kappa shape index (κ2) is 9.04. The number of carbonyl (C=O) groups is 1. The quantitative estimate of drug-likeness (QED) is 0.362. The lowest BCUT2D eigenvalue weighted by Gasteiger charge is -2.05. The molecule has 0 saturated carbocycles. The number of halogens is 1. The highest BCUT2D eigenvalue weighted by atomic mass is 35.5. The summed E-state index contributed by atoms with van der Waals surface area (Å²) in [5, 5.41) is 15.2. The molecule has 0 aliphatic heterocycles. The van der Waals surface area contributed by atoms with E-state index in [4.69, 9.17) is 16.6 Å². The number of hydrogen-bond donors (Lipinski definition) is 1. The van der Waals surface area contributed by atoms with Crippen LogP contribution in [0.4, 0.5) is 0 Å². The van der Waals surface area contributed by atoms with Gasteiger partial charge in [-0.05, 0) is 49.6 Å². The van der Waals surface area contributed by atoms with Crippen molar-refractivity contribution in [3.05, 3.63) is 81.1 Å².